The predicted molar refractivity (Wildman–Crippen MR) is 63.9 cm³/mol. The number of sulfonamides is 1. The Morgan fingerprint density at radius 1 is 1.25 bits per heavy atom. The summed E-state index contributed by atoms with van der Waals surface area (Å²) < 4.78 is 25.8. The normalized spacial score (nSPS) is 34.2. The van der Waals surface area contributed by atoms with Gasteiger partial charge in [-0.3, -0.25) is 9.80 Å². The van der Waals surface area contributed by atoms with E-state index in [0.717, 1.165) is 32.7 Å². The number of hydrogen-bond donors (Lipinski definition) is 1. The van der Waals surface area contributed by atoms with Crippen LogP contribution < -0.4 is 4.72 Å². The highest BCUT2D eigenvalue weighted by atomic mass is 32.2. The third-order valence-electron chi connectivity index (χ3n) is 3.40. The van der Waals surface area contributed by atoms with Crippen molar-refractivity contribution >= 4 is 10.0 Å². The zero-order valence-electron chi connectivity index (χ0n) is 9.85. The molecular formula is C10H21N3O2S. The maximum absolute atomic E-state index is 11.5. The minimum atomic E-state index is -3.04. The first-order chi connectivity index (χ1) is 7.61. The molecule has 0 aromatic heterocycles. The first-order valence-corrected chi connectivity index (χ1v) is 7.69. The Hall–Kier alpha value is -0.170. The third-order valence-corrected chi connectivity index (χ3v) is 4.96. The molecule has 1 unspecified atom stereocenters. The van der Waals surface area contributed by atoms with Crippen LogP contribution in [0.2, 0.25) is 0 Å². The monoisotopic (exact) mass is 247 g/mol. The van der Waals surface area contributed by atoms with Gasteiger partial charge in [-0.15, -0.1) is 0 Å². The van der Waals surface area contributed by atoms with Gasteiger partial charge in [0.05, 0.1) is 5.75 Å². The van der Waals surface area contributed by atoms with Crippen LogP contribution in [0.5, 0.6) is 0 Å². The fraction of sp³-hybridized carbons (Fsp3) is 1.00. The molecule has 6 heteroatoms. The Morgan fingerprint density at radius 3 is 2.44 bits per heavy atom. The van der Waals surface area contributed by atoms with E-state index >= 15 is 0 Å². The van der Waals surface area contributed by atoms with E-state index in [0.29, 0.717) is 19.0 Å². The summed E-state index contributed by atoms with van der Waals surface area (Å²) in [6.45, 7) is 7.90. The van der Waals surface area contributed by atoms with Crippen molar-refractivity contribution in [1.29, 1.82) is 0 Å². The van der Waals surface area contributed by atoms with Crippen LogP contribution in [0.1, 0.15) is 13.3 Å². The molecule has 3 saturated heterocycles. The van der Waals surface area contributed by atoms with Crippen LogP contribution in [0.15, 0.2) is 0 Å². The fourth-order valence-electron chi connectivity index (χ4n) is 2.48. The van der Waals surface area contributed by atoms with Crippen LogP contribution in [-0.2, 0) is 10.0 Å². The molecule has 16 heavy (non-hydrogen) atoms. The highest BCUT2D eigenvalue weighted by Gasteiger charge is 2.32. The van der Waals surface area contributed by atoms with Crippen molar-refractivity contribution in [2.24, 2.45) is 0 Å². The van der Waals surface area contributed by atoms with Crippen molar-refractivity contribution in [3.05, 3.63) is 0 Å². The Kier molecular flexibility index (Phi) is 3.84. The van der Waals surface area contributed by atoms with Crippen molar-refractivity contribution in [3.8, 4) is 0 Å². The molecule has 3 fully saturated rings. The van der Waals surface area contributed by atoms with Gasteiger partial charge in [0.25, 0.3) is 0 Å². The highest BCUT2D eigenvalue weighted by molar-refractivity contribution is 7.89. The third kappa shape index (κ3) is 2.94. The number of nitrogens with one attached hydrogen (secondary N) is 1. The van der Waals surface area contributed by atoms with Gasteiger partial charge in [0.1, 0.15) is 0 Å². The molecule has 5 nitrogen and oxygen atoms in total. The van der Waals surface area contributed by atoms with Crippen molar-refractivity contribution in [2.75, 3.05) is 45.0 Å². The maximum Gasteiger partial charge on any atom is 0.211 e. The topological polar surface area (TPSA) is 52.7 Å². The van der Waals surface area contributed by atoms with Crippen LogP contribution in [0.4, 0.5) is 0 Å². The lowest BCUT2D eigenvalue weighted by Gasteiger charge is -2.47. The highest BCUT2D eigenvalue weighted by Crippen LogP contribution is 2.14. The molecule has 0 amide bonds. The van der Waals surface area contributed by atoms with Gasteiger partial charge in [0, 0.05) is 45.3 Å². The molecule has 94 valence electrons. The van der Waals surface area contributed by atoms with Gasteiger partial charge in [0.15, 0.2) is 0 Å². The van der Waals surface area contributed by atoms with Crippen molar-refractivity contribution in [2.45, 2.75) is 19.4 Å². The molecule has 3 aliphatic rings. The van der Waals surface area contributed by atoms with Crippen LogP contribution in [0.25, 0.3) is 0 Å². The van der Waals surface area contributed by atoms with Crippen LogP contribution >= 0.6 is 0 Å². The van der Waals surface area contributed by atoms with E-state index in [4.69, 9.17) is 0 Å². The average Bonchev–Trinajstić information content (AvgIpc) is 2.28. The molecule has 0 aromatic rings. The van der Waals surface area contributed by atoms with E-state index in [2.05, 4.69) is 14.5 Å². The summed E-state index contributed by atoms with van der Waals surface area (Å²) in [5.74, 6) is 0.240. The van der Waals surface area contributed by atoms with E-state index < -0.39 is 10.0 Å². The molecule has 0 aliphatic carbocycles. The van der Waals surface area contributed by atoms with E-state index in [1.165, 1.54) is 0 Å². The number of fused-ring (bicyclic) bond motifs is 3. The quantitative estimate of drug-likeness (QED) is 0.699. The number of piperazine rings is 3. The van der Waals surface area contributed by atoms with E-state index in [9.17, 15) is 8.42 Å². The van der Waals surface area contributed by atoms with Gasteiger partial charge in [-0.1, -0.05) is 6.92 Å². The lowest BCUT2D eigenvalue weighted by molar-refractivity contribution is 0.0158. The molecule has 3 aliphatic heterocycles. The Bertz CT molecular complexity index is 323. The first-order valence-electron chi connectivity index (χ1n) is 6.04. The van der Waals surface area contributed by atoms with E-state index in [1.54, 1.807) is 0 Å². The largest absolute Gasteiger partial charge is 0.299 e. The minimum Gasteiger partial charge on any atom is -0.299 e. The Balaban J connectivity index is 1.82. The molecule has 1 N–H and O–H groups in total. The van der Waals surface area contributed by atoms with Gasteiger partial charge in [-0.2, -0.15) is 0 Å². The number of rotatable bonds is 5. The smallest absolute Gasteiger partial charge is 0.211 e. The second kappa shape index (κ2) is 5.00. The fourth-order valence-corrected chi connectivity index (χ4v) is 3.61. The maximum atomic E-state index is 11.5. The second-order valence-electron chi connectivity index (χ2n) is 4.66. The Morgan fingerprint density at radius 2 is 1.94 bits per heavy atom. The lowest BCUT2D eigenvalue weighted by Crippen LogP contribution is -2.63. The van der Waals surface area contributed by atoms with Crippen molar-refractivity contribution in [3.63, 3.8) is 0 Å². The molecule has 1 atom stereocenters. The molecule has 0 spiro atoms. The zero-order valence-corrected chi connectivity index (χ0v) is 10.7. The SMILES string of the molecule is CCCS(=O)(=O)NCC1CN2CCN1CC2. The summed E-state index contributed by atoms with van der Waals surface area (Å²) in [6, 6.07) is 0.370. The predicted octanol–water partition coefficient (Wildman–Crippen LogP) is -0.684. The number of hydrogen-bond acceptors (Lipinski definition) is 4. The molecule has 3 rings (SSSR count). The summed E-state index contributed by atoms with van der Waals surface area (Å²) >= 11 is 0. The van der Waals surface area contributed by atoms with Crippen molar-refractivity contribution < 1.29 is 8.42 Å². The van der Waals surface area contributed by atoms with Gasteiger partial charge >= 0.3 is 0 Å². The standard InChI is InChI=1S/C10H21N3O2S/c1-2-7-16(14,15)11-8-10-9-12-3-5-13(10)6-4-12/h10-11H,2-9H2,1H3. The summed E-state index contributed by atoms with van der Waals surface area (Å²) in [5.41, 5.74) is 0. The molecule has 2 bridgehead atoms. The van der Waals surface area contributed by atoms with Gasteiger partial charge in [-0.25, -0.2) is 13.1 Å². The van der Waals surface area contributed by atoms with Crippen LogP contribution in [0, 0.1) is 0 Å². The van der Waals surface area contributed by atoms with E-state index in [1.807, 2.05) is 6.92 Å². The molecule has 3 heterocycles. The van der Waals surface area contributed by atoms with Gasteiger partial charge < -0.3 is 0 Å². The Labute approximate surface area is 97.8 Å². The molecule has 0 radical (unpaired) electrons. The molecule has 0 saturated carbocycles. The van der Waals surface area contributed by atoms with E-state index in [-0.39, 0.29) is 5.75 Å². The molecular weight excluding hydrogens is 226 g/mol. The number of nitrogens with zero attached hydrogens (tertiary/aromatic N) is 2. The van der Waals surface area contributed by atoms with Crippen molar-refractivity contribution in [1.82, 2.24) is 14.5 Å². The minimum absolute atomic E-state index is 0.240. The summed E-state index contributed by atoms with van der Waals surface area (Å²) in [5, 5.41) is 0. The van der Waals surface area contributed by atoms with Crippen LogP contribution in [0.3, 0.4) is 0 Å². The summed E-state index contributed by atoms with van der Waals surface area (Å²) in [7, 11) is -3.04. The summed E-state index contributed by atoms with van der Waals surface area (Å²) in [4.78, 5) is 4.81. The van der Waals surface area contributed by atoms with Gasteiger partial charge in [-0.05, 0) is 6.42 Å². The average molecular weight is 247 g/mol. The van der Waals surface area contributed by atoms with Crippen LogP contribution in [-0.4, -0.2) is 69.3 Å². The molecule has 0 aromatic carbocycles. The lowest BCUT2D eigenvalue weighted by atomic mass is 10.1. The first kappa shape index (κ1) is 12.3. The van der Waals surface area contributed by atoms with Gasteiger partial charge in [0.2, 0.25) is 10.0 Å². The zero-order chi connectivity index (χ0) is 11.6. The summed E-state index contributed by atoms with van der Waals surface area (Å²) in [6.07, 6.45) is 0.676. The second-order valence-corrected chi connectivity index (χ2v) is 6.58.